The van der Waals surface area contributed by atoms with Crippen molar-refractivity contribution in [2.75, 3.05) is 33.5 Å². The molecular formula is C15H17NO4. The number of nitrogens with zero attached hydrogens (tertiary/aromatic N) is 1. The maximum Gasteiger partial charge on any atom is 0.322 e. The Labute approximate surface area is 117 Å². The van der Waals surface area contributed by atoms with Gasteiger partial charge in [-0.2, -0.15) is 0 Å². The van der Waals surface area contributed by atoms with E-state index in [1.54, 1.807) is 0 Å². The number of rotatable bonds is 3. The summed E-state index contributed by atoms with van der Waals surface area (Å²) < 4.78 is 15.4. The fourth-order valence-electron chi connectivity index (χ4n) is 2.51. The first kappa shape index (κ1) is 13.3. The Morgan fingerprint density at radius 2 is 2.20 bits per heavy atom. The summed E-state index contributed by atoms with van der Waals surface area (Å²) in [6.07, 6.45) is 2.88. The van der Waals surface area contributed by atoms with Crippen molar-refractivity contribution < 1.29 is 19.0 Å². The van der Waals surface area contributed by atoms with Gasteiger partial charge in [-0.3, -0.25) is 9.78 Å². The molecule has 5 nitrogen and oxygen atoms in total. The summed E-state index contributed by atoms with van der Waals surface area (Å²) >= 11 is 0. The van der Waals surface area contributed by atoms with Gasteiger partial charge in [0.15, 0.2) is 5.41 Å². The van der Waals surface area contributed by atoms with Gasteiger partial charge in [-0.15, -0.1) is 0 Å². The van der Waals surface area contributed by atoms with Crippen LogP contribution >= 0.6 is 0 Å². The van der Waals surface area contributed by atoms with E-state index in [0.29, 0.717) is 26.4 Å². The van der Waals surface area contributed by atoms with Crippen molar-refractivity contribution >= 4 is 11.5 Å². The SMILES string of the molecule is COC(=O)C1(c2cccc(C3=CCOCC3)n2)COC1. The zero-order chi connectivity index (χ0) is 14.0. The molecule has 2 aliphatic heterocycles. The maximum atomic E-state index is 12.0. The molecule has 0 aromatic carbocycles. The van der Waals surface area contributed by atoms with Crippen LogP contribution in [-0.4, -0.2) is 44.5 Å². The predicted octanol–water partition coefficient (Wildman–Crippen LogP) is 1.33. The number of methoxy groups -OCH3 is 1. The molecule has 0 unspecified atom stereocenters. The quantitative estimate of drug-likeness (QED) is 0.779. The summed E-state index contributed by atoms with van der Waals surface area (Å²) in [7, 11) is 1.40. The van der Waals surface area contributed by atoms with E-state index in [1.165, 1.54) is 12.7 Å². The fraction of sp³-hybridized carbons (Fsp3) is 0.467. The molecule has 1 aromatic rings. The average Bonchev–Trinajstić information content (AvgIpc) is 2.47. The highest BCUT2D eigenvalue weighted by molar-refractivity contribution is 5.84. The van der Waals surface area contributed by atoms with Gasteiger partial charge in [0.2, 0.25) is 0 Å². The number of carbonyl (C=O) groups excluding carboxylic acids is 1. The summed E-state index contributed by atoms with van der Waals surface area (Å²) in [5.74, 6) is -0.283. The lowest BCUT2D eigenvalue weighted by molar-refractivity contribution is -0.167. The fourth-order valence-corrected chi connectivity index (χ4v) is 2.51. The van der Waals surface area contributed by atoms with Gasteiger partial charge in [0.05, 0.1) is 44.9 Å². The number of pyridine rings is 1. The van der Waals surface area contributed by atoms with Gasteiger partial charge >= 0.3 is 5.97 Å². The first-order valence-electron chi connectivity index (χ1n) is 6.67. The van der Waals surface area contributed by atoms with Gasteiger partial charge in [0, 0.05) is 0 Å². The van der Waals surface area contributed by atoms with Gasteiger partial charge in [0.1, 0.15) is 0 Å². The van der Waals surface area contributed by atoms with Crippen molar-refractivity contribution in [2.45, 2.75) is 11.8 Å². The number of ether oxygens (including phenoxy) is 3. The Balaban J connectivity index is 1.94. The smallest absolute Gasteiger partial charge is 0.322 e. The Bertz CT molecular complexity index is 549. The average molecular weight is 275 g/mol. The van der Waals surface area contributed by atoms with E-state index >= 15 is 0 Å². The summed E-state index contributed by atoms with van der Waals surface area (Å²) in [6.45, 7) is 1.99. The number of aromatic nitrogens is 1. The molecule has 0 amide bonds. The van der Waals surface area contributed by atoms with E-state index in [-0.39, 0.29) is 5.97 Å². The molecule has 1 saturated heterocycles. The van der Waals surface area contributed by atoms with Crippen LogP contribution in [0.15, 0.2) is 24.3 Å². The van der Waals surface area contributed by atoms with E-state index in [0.717, 1.165) is 17.8 Å². The molecule has 1 fully saturated rings. The molecule has 5 heteroatoms. The van der Waals surface area contributed by atoms with Gasteiger partial charge < -0.3 is 14.2 Å². The van der Waals surface area contributed by atoms with E-state index < -0.39 is 5.41 Å². The Kier molecular flexibility index (Phi) is 3.54. The maximum absolute atomic E-state index is 12.0. The van der Waals surface area contributed by atoms with Crippen LogP contribution in [0.3, 0.4) is 0 Å². The number of hydrogen-bond donors (Lipinski definition) is 0. The molecule has 2 aliphatic rings. The highest BCUT2D eigenvalue weighted by atomic mass is 16.5. The molecule has 0 N–H and O–H groups in total. The van der Waals surface area contributed by atoms with E-state index in [2.05, 4.69) is 4.98 Å². The van der Waals surface area contributed by atoms with Crippen LogP contribution in [0.25, 0.3) is 5.57 Å². The molecule has 0 radical (unpaired) electrons. The van der Waals surface area contributed by atoms with Crippen molar-refractivity contribution in [3.63, 3.8) is 0 Å². The molecule has 0 atom stereocenters. The molecule has 0 saturated carbocycles. The van der Waals surface area contributed by atoms with Gasteiger partial charge in [-0.05, 0) is 24.1 Å². The third kappa shape index (κ3) is 2.13. The zero-order valence-corrected chi connectivity index (χ0v) is 11.4. The second kappa shape index (κ2) is 5.34. The van der Waals surface area contributed by atoms with Crippen LogP contribution < -0.4 is 0 Å². The van der Waals surface area contributed by atoms with Crippen molar-refractivity contribution in [1.82, 2.24) is 4.98 Å². The highest BCUT2D eigenvalue weighted by Gasteiger charge is 2.50. The Morgan fingerprint density at radius 3 is 2.80 bits per heavy atom. The second-order valence-electron chi connectivity index (χ2n) is 5.03. The molecule has 106 valence electrons. The van der Waals surface area contributed by atoms with Crippen molar-refractivity contribution in [3.05, 3.63) is 35.7 Å². The number of hydrogen-bond acceptors (Lipinski definition) is 5. The third-order valence-corrected chi connectivity index (χ3v) is 3.80. The van der Waals surface area contributed by atoms with Gasteiger partial charge in [-0.25, -0.2) is 0 Å². The molecule has 20 heavy (non-hydrogen) atoms. The summed E-state index contributed by atoms with van der Waals surface area (Å²) in [6, 6.07) is 5.75. The summed E-state index contributed by atoms with van der Waals surface area (Å²) in [5.41, 5.74) is 2.05. The van der Waals surface area contributed by atoms with Gasteiger partial charge in [-0.1, -0.05) is 12.1 Å². The first-order valence-corrected chi connectivity index (χ1v) is 6.67. The lowest BCUT2D eigenvalue weighted by Crippen LogP contribution is -2.54. The normalized spacial score (nSPS) is 20.8. The standard InChI is InChI=1S/C15H17NO4/c1-18-14(17)15(9-20-10-15)13-4-2-3-12(16-13)11-5-7-19-8-6-11/h2-5H,6-10H2,1H3. The minimum absolute atomic E-state index is 0.283. The van der Waals surface area contributed by atoms with Crippen molar-refractivity contribution in [2.24, 2.45) is 0 Å². The third-order valence-electron chi connectivity index (χ3n) is 3.80. The molecular weight excluding hydrogens is 258 g/mol. The zero-order valence-electron chi connectivity index (χ0n) is 11.4. The topological polar surface area (TPSA) is 57.7 Å². The number of carbonyl (C=O) groups is 1. The van der Waals surface area contributed by atoms with Crippen molar-refractivity contribution in [1.29, 1.82) is 0 Å². The molecule has 0 spiro atoms. The van der Waals surface area contributed by atoms with E-state index in [9.17, 15) is 4.79 Å². The molecule has 3 heterocycles. The minimum atomic E-state index is -0.740. The monoisotopic (exact) mass is 275 g/mol. The number of esters is 1. The Hall–Kier alpha value is -1.72. The van der Waals surface area contributed by atoms with Crippen LogP contribution in [-0.2, 0) is 24.4 Å². The summed E-state index contributed by atoms with van der Waals surface area (Å²) in [4.78, 5) is 16.7. The lowest BCUT2D eigenvalue weighted by Gasteiger charge is -2.38. The molecule has 1 aromatic heterocycles. The summed E-state index contributed by atoms with van der Waals surface area (Å²) in [5, 5.41) is 0. The van der Waals surface area contributed by atoms with Crippen LogP contribution in [0.1, 0.15) is 17.8 Å². The van der Waals surface area contributed by atoms with Crippen LogP contribution in [0.2, 0.25) is 0 Å². The molecule has 3 rings (SSSR count). The van der Waals surface area contributed by atoms with E-state index in [4.69, 9.17) is 14.2 Å². The molecule has 0 bridgehead atoms. The highest BCUT2D eigenvalue weighted by Crippen LogP contribution is 2.33. The van der Waals surface area contributed by atoms with Gasteiger partial charge in [0.25, 0.3) is 0 Å². The lowest BCUT2D eigenvalue weighted by atomic mass is 9.82. The van der Waals surface area contributed by atoms with Crippen LogP contribution in [0, 0.1) is 0 Å². The predicted molar refractivity (Wildman–Crippen MR) is 72.2 cm³/mol. The van der Waals surface area contributed by atoms with Crippen LogP contribution in [0.4, 0.5) is 0 Å². The van der Waals surface area contributed by atoms with E-state index in [1.807, 2.05) is 24.3 Å². The largest absolute Gasteiger partial charge is 0.468 e. The molecule has 0 aliphatic carbocycles. The van der Waals surface area contributed by atoms with Crippen molar-refractivity contribution in [3.8, 4) is 0 Å². The second-order valence-corrected chi connectivity index (χ2v) is 5.03. The van der Waals surface area contributed by atoms with Crippen LogP contribution in [0.5, 0.6) is 0 Å². The Morgan fingerprint density at radius 1 is 1.35 bits per heavy atom. The first-order chi connectivity index (χ1) is 9.76. The minimum Gasteiger partial charge on any atom is -0.468 e.